The molecule has 0 spiro atoms. The molecule has 6 aliphatic heterocycles. The van der Waals surface area contributed by atoms with Crippen molar-refractivity contribution in [2.24, 2.45) is 23.7 Å². The lowest BCUT2D eigenvalue weighted by atomic mass is 10.0. The number of phenols is 1. The highest BCUT2D eigenvalue weighted by atomic mass is 32.2. The number of aliphatic hydroxyl groups is 2. The lowest BCUT2D eigenvalue weighted by Crippen LogP contribution is -2.51. The van der Waals surface area contributed by atoms with E-state index in [1.54, 1.807) is 36.4 Å². The fourth-order valence-corrected chi connectivity index (χ4v) is 14.2. The summed E-state index contributed by atoms with van der Waals surface area (Å²) in [5, 5.41) is 40.9. The number of amides is 3. The van der Waals surface area contributed by atoms with Gasteiger partial charge in [0.25, 0.3) is 0 Å². The van der Waals surface area contributed by atoms with E-state index < -0.39 is 87.4 Å². The van der Waals surface area contributed by atoms with Crippen molar-refractivity contribution in [3.05, 3.63) is 96.1 Å². The SMILES string of the molecule is CC(C)CN(C[C@@H](O)[C@H](Cc1ccc(O)cc1)NC(=O)O[C@H]1CO[C@H]2OCC[C@H]21)S(=O)(=O)c1ccc2c(c1)OCO2.CC(C)CN(C[C@@H](O)[C@H](Cc1ccc(OC(=O)NC(C)C)cc1)NC(=O)O[C@H]1CO[C@H]2OCC[C@H]21)S(=O)(=O)c1ccc2c(c1)OCO2. The van der Waals surface area contributed by atoms with E-state index in [1.807, 2.05) is 41.5 Å². The summed E-state index contributed by atoms with van der Waals surface area (Å²) >= 11 is 0. The van der Waals surface area contributed by atoms with Crippen LogP contribution in [0.25, 0.3) is 0 Å². The number of aliphatic hydroxyl groups excluding tert-OH is 2. The zero-order chi connectivity index (χ0) is 62.9. The Morgan fingerprint density at radius 2 is 0.966 bits per heavy atom. The van der Waals surface area contributed by atoms with E-state index in [-0.39, 0.29) is 111 Å². The molecule has 10 atom stereocenters. The van der Waals surface area contributed by atoms with Crippen LogP contribution in [0.15, 0.2) is 94.7 Å². The summed E-state index contributed by atoms with van der Waals surface area (Å²) in [6, 6.07) is 19.7. The van der Waals surface area contributed by atoms with Crippen LogP contribution in [0.1, 0.15) is 65.5 Å². The molecule has 0 unspecified atom stereocenters. The van der Waals surface area contributed by atoms with Gasteiger partial charge in [0.15, 0.2) is 35.6 Å². The number of aromatic hydroxyl groups is 1. The van der Waals surface area contributed by atoms with E-state index in [1.165, 1.54) is 57.1 Å². The van der Waals surface area contributed by atoms with Crippen molar-refractivity contribution in [3.8, 4) is 34.5 Å². The van der Waals surface area contributed by atoms with Crippen LogP contribution in [0.2, 0.25) is 0 Å². The molecule has 4 saturated heterocycles. The van der Waals surface area contributed by atoms with Crippen LogP contribution in [-0.4, -0.2) is 180 Å². The highest BCUT2D eigenvalue weighted by Gasteiger charge is 2.46. The predicted molar refractivity (Wildman–Crippen MR) is 313 cm³/mol. The second kappa shape index (κ2) is 29.3. The average Bonchev–Trinajstić information content (AvgIpc) is 4.28. The van der Waals surface area contributed by atoms with Crippen LogP contribution < -0.4 is 39.6 Å². The van der Waals surface area contributed by atoms with E-state index in [0.717, 1.165) is 5.56 Å². The topological polar surface area (TPSA) is 324 Å². The first kappa shape index (κ1) is 65.7. The number of carbonyl (C=O) groups is 3. The Balaban J connectivity index is 0.000000211. The van der Waals surface area contributed by atoms with Gasteiger partial charge in [-0.3, -0.25) is 0 Å². The van der Waals surface area contributed by atoms with Gasteiger partial charge in [-0.2, -0.15) is 8.61 Å². The maximum Gasteiger partial charge on any atom is 0.412 e. The average molecular weight is 1270 g/mol. The molecule has 10 rings (SSSR count). The molecule has 4 aromatic rings. The molecule has 88 heavy (non-hydrogen) atoms. The number of carbonyl (C=O) groups excluding carboxylic acids is 3. The van der Waals surface area contributed by atoms with Gasteiger partial charge in [0, 0.05) is 44.4 Å². The zero-order valence-corrected chi connectivity index (χ0v) is 51.5. The second-order valence-corrected chi connectivity index (χ2v) is 27.3. The lowest BCUT2D eigenvalue weighted by molar-refractivity contribution is -0.0909. The van der Waals surface area contributed by atoms with Crippen LogP contribution in [0.5, 0.6) is 34.5 Å². The quantitative estimate of drug-likeness (QED) is 0.0522. The van der Waals surface area contributed by atoms with E-state index in [0.29, 0.717) is 60.4 Å². The molecular weight excluding hydrogens is 1190 g/mol. The van der Waals surface area contributed by atoms with Gasteiger partial charge in [0.1, 0.15) is 23.7 Å². The summed E-state index contributed by atoms with van der Waals surface area (Å²) in [5.74, 6) is 1.66. The first-order valence-electron chi connectivity index (χ1n) is 29.4. The lowest BCUT2D eigenvalue weighted by Gasteiger charge is -2.31. The molecule has 0 saturated carbocycles. The first-order chi connectivity index (χ1) is 42.0. The van der Waals surface area contributed by atoms with Gasteiger partial charge in [-0.1, -0.05) is 52.0 Å². The minimum Gasteiger partial charge on any atom is -0.508 e. The van der Waals surface area contributed by atoms with Gasteiger partial charge in [-0.25, -0.2) is 31.2 Å². The summed E-state index contributed by atoms with van der Waals surface area (Å²) in [5.41, 5.74) is 1.41. The highest BCUT2D eigenvalue weighted by Crippen LogP contribution is 2.38. The molecule has 0 bridgehead atoms. The van der Waals surface area contributed by atoms with Crippen molar-refractivity contribution in [2.45, 2.75) is 132 Å². The number of hydrogen-bond donors (Lipinski definition) is 6. The maximum absolute atomic E-state index is 13.9. The molecular formula is C60H79N5O21S2. The third kappa shape index (κ3) is 16.9. The van der Waals surface area contributed by atoms with Crippen molar-refractivity contribution in [3.63, 3.8) is 0 Å². The Hall–Kier alpha value is -6.73. The molecule has 6 aliphatic rings. The monoisotopic (exact) mass is 1270 g/mol. The van der Waals surface area contributed by atoms with Crippen LogP contribution in [0.4, 0.5) is 14.4 Å². The predicted octanol–water partition coefficient (Wildman–Crippen LogP) is 5.25. The number of hydrogen-bond acceptors (Lipinski definition) is 21. The molecule has 3 amide bonds. The highest BCUT2D eigenvalue weighted by molar-refractivity contribution is 7.89. The van der Waals surface area contributed by atoms with Crippen molar-refractivity contribution in [1.29, 1.82) is 0 Å². The maximum atomic E-state index is 13.9. The van der Waals surface area contributed by atoms with Crippen LogP contribution in [0, 0.1) is 23.7 Å². The molecule has 0 aliphatic carbocycles. The third-order valence-electron chi connectivity index (χ3n) is 15.3. The number of nitrogens with one attached hydrogen (secondary N) is 3. The number of ether oxygens (including phenoxy) is 11. The Bertz CT molecular complexity index is 3250. The summed E-state index contributed by atoms with van der Waals surface area (Å²) in [7, 11) is -8.14. The van der Waals surface area contributed by atoms with Crippen LogP contribution in [-0.2, 0) is 61.3 Å². The Labute approximate surface area is 512 Å². The standard InChI is InChI=1S/C32H43N3O11S.C28H36N2O10S/c1-19(2)15-35(47(39,40)23-9-10-27-28(14-23)44-18-43-27)16-26(36)25(34-32(38)46-29-17-42-30-24(29)11-12-41-30)13-21-5-7-22(8-6-21)45-31(37)33-20(3)4;1-17(2)13-30(41(34,35)20-7-8-24-25(12-20)39-16-38-24)14-23(32)22(11-18-3-5-19(31)6-4-18)29-28(33)40-26-15-37-27-21(26)9-10-36-27/h5-10,14,19-20,24-26,29-30,36H,11-13,15-18H2,1-4H3,(H,33,37)(H,34,38);3-8,12,17,21-23,26-27,31-32H,9-11,13-16H2,1-2H3,(H,29,33)/t24-,25-,26+,29-,30+;21-,22-,23+,26-,27+/m00/s1. The Morgan fingerprint density at radius 3 is 1.39 bits per heavy atom. The van der Waals surface area contributed by atoms with Gasteiger partial charge in [0.2, 0.25) is 33.6 Å². The second-order valence-electron chi connectivity index (χ2n) is 23.4. The van der Waals surface area contributed by atoms with E-state index in [4.69, 9.17) is 52.1 Å². The zero-order valence-electron chi connectivity index (χ0n) is 49.9. The summed E-state index contributed by atoms with van der Waals surface area (Å²) in [6.45, 7) is 12.2. The molecule has 6 heterocycles. The number of sulfonamides is 2. The van der Waals surface area contributed by atoms with Gasteiger partial charge < -0.3 is 83.4 Å². The third-order valence-corrected chi connectivity index (χ3v) is 18.9. The van der Waals surface area contributed by atoms with E-state index >= 15 is 0 Å². The van der Waals surface area contributed by atoms with E-state index in [9.17, 15) is 46.5 Å². The summed E-state index contributed by atoms with van der Waals surface area (Å²) in [6.07, 6.45) is -4.89. The molecule has 0 radical (unpaired) electrons. The molecule has 0 aromatic heterocycles. The first-order valence-corrected chi connectivity index (χ1v) is 32.3. The van der Waals surface area contributed by atoms with Crippen LogP contribution in [0.3, 0.4) is 0 Å². The number of alkyl carbamates (subject to hydrolysis) is 2. The van der Waals surface area contributed by atoms with E-state index in [2.05, 4.69) is 16.0 Å². The smallest absolute Gasteiger partial charge is 0.412 e. The number of rotatable bonds is 24. The van der Waals surface area contributed by atoms with Gasteiger partial charge in [-0.15, -0.1) is 0 Å². The van der Waals surface area contributed by atoms with Crippen molar-refractivity contribution < 1.29 is 98.6 Å². The summed E-state index contributed by atoms with van der Waals surface area (Å²) in [4.78, 5) is 38.2. The van der Waals surface area contributed by atoms with Crippen molar-refractivity contribution in [2.75, 3.05) is 66.2 Å². The Morgan fingerprint density at radius 1 is 0.545 bits per heavy atom. The molecule has 28 heteroatoms. The summed E-state index contributed by atoms with van der Waals surface area (Å²) < 4.78 is 118. The number of phenolic OH excluding ortho intramolecular Hbond substituents is 1. The molecule has 6 N–H and O–H groups in total. The van der Waals surface area contributed by atoms with Gasteiger partial charge >= 0.3 is 18.3 Å². The van der Waals surface area contributed by atoms with Crippen molar-refractivity contribution >= 4 is 38.3 Å². The molecule has 4 aromatic carbocycles. The fourth-order valence-electron chi connectivity index (χ4n) is 10.9. The molecule has 26 nitrogen and oxygen atoms in total. The number of fused-ring (bicyclic) bond motifs is 4. The number of benzene rings is 4. The normalized spacial score (nSPS) is 22.2. The minimum absolute atomic E-state index is 0.00361. The Kier molecular flexibility index (Phi) is 21.9. The largest absolute Gasteiger partial charge is 0.508 e. The van der Waals surface area contributed by atoms with Gasteiger partial charge in [-0.05, 0) is 111 Å². The van der Waals surface area contributed by atoms with Gasteiger partial charge in [0.05, 0.1) is 72.3 Å². The number of nitrogens with zero attached hydrogens (tertiary/aromatic N) is 2. The van der Waals surface area contributed by atoms with Crippen molar-refractivity contribution in [1.82, 2.24) is 24.6 Å². The van der Waals surface area contributed by atoms with Crippen LogP contribution >= 0.6 is 0 Å². The minimum atomic E-state index is -4.09. The molecule has 4 fully saturated rings. The fraction of sp³-hybridized carbons (Fsp3) is 0.550. The molecule has 482 valence electrons.